The fraction of sp³-hybridized carbons (Fsp3) is 0.412. The van der Waals surface area contributed by atoms with Gasteiger partial charge in [0.15, 0.2) is 5.96 Å². The minimum atomic E-state index is -0.0929. The van der Waals surface area contributed by atoms with Crippen LogP contribution in [0.3, 0.4) is 0 Å². The molecule has 24 heavy (non-hydrogen) atoms. The second-order valence-electron chi connectivity index (χ2n) is 5.15. The molecule has 0 aliphatic carbocycles. The molecule has 1 heterocycles. The highest BCUT2D eigenvalue weighted by Crippen LogP contribution is 2.24. The number of likely N-dealkylation sites (N-methyl/N-ethyl adjacent to an activating group) is 1. The third-order valence-corrected chi connectivity index (χ3v) is 3.46. The van der Waals surface area contributed by atoms with Gasteiger partial charge < -0.3 is 20.4 Å². The first-order chi connectivity index (χ1) is 11.2. The lowest BCUT2D eigenvalue weighted by molar-refractivity contribution is -0.119. The van der Waals surface area contributed by atoms with Crippen molar-refractivity contribution in [2.24, 2.45) is 4.99 Å². The number of fused-ring (bicyclic) bond motifs is 1. The zero-order chi connectivity index (χ0) is 16.7. The number of furan rings is 1. The Kier molecular flexibility index (Phi) is 8.59. The minimum Gasteiger partial charge on any atom is -0.459 e. The molecule has 7 heteroatoms. The largest absolute Gasteiger partial charge is 0.459 e. The van der Waals surface area contributed by atoms with Crippen molar-refractivity contribution in [2.75, 3.05) is 19.6 Å². The van der Waals surface area contributed by atoms with E-state index in [-0.39, 0.29) is 36.4 Å². The van der Waals surface area contributed by atoms with E-state index < -0.39 is 0 Å². The maximum absolute atomic E-state index is 11.5. The Morgan fingerprint density at radius 2 is 1.83 bits per heavy atom. The molecular weight excluding hydrogens is 419 g/mol. The SMILES string of the molecule is CCNC(=O)CN=C(NCC)NCc1oc2ccccc2c1C.I. The van der Waals surface area contributed by atoms with Gasteiger partial charge in [0.25, 0.3) is 0 Å². The number of hydrogen-bond donors (Lipinski definition) is 3. The zero-order valence-corrected chi connectivity index (χ0v) is 16.6. The highest BCUT2D eigenvalue weighted by Gasteiger charge is 2.10. The van der Waals surface area contributed by atoms with Crippen molar-refractivity contribution in [3.8, 4) is 0 Å². The molecule has 0 radical (unpaired) electrons. The Bertz CT molecular complexity index is 697. The predicted molar refractivity (Wildman–Crippen MR) is 108 cm³/mol. The third-order valence-electron chi connectivity index (χ3n) is 3.46. The lowest BCUT2D eigenvalue weighted by Crippen LogP contribution is -2.38. The Hall–Kier alpha value is -1.77. The minimum absolute atomic E-state index is 0. The van der Waals surface area contributed by atoms with E-state index in [9.17, 15) is 4.79 Å². The molecule has 0 spiro atoms. The molecule has 1 aromatic heterocycles. The maximum Gasteiger partial charge on any atom is 0.241 e. The number of aryl methyl sites for hydroxylation is 1. The van der Waals surface area contributed by atoms with Crippen LogP contribution >= 0.6 is 24.0 Å². The molecule has 0 aliphatic heterocycles. The molecule has 0 saturated heterocycles. The highest BCUT2D eigenvalue weighted by atomic mass is 127. The van der Waals surface area contributed by atoms with Crippen LogP contribution in [0.1, 0.15) is 25.2 Å². The highest BCUT2D eigenvalue weighted by molar-refractivity contribution is 14.0. The van der Waals surface area contributed by atoms with E-state index in [4.69, 9.17) is 4.42 Å². The normalized spacial score (nSPS) is 11.0. The second kappa shape index (κ2) is 10.2. The fourth-order valence-corrected chi connectivity index (χ4v) is 2.30. The van der Waals surface area contributed by atoms with Gasteiger partial charge in [-0.15, -0.1) is 24.0 Å². The fourth-order valence-electron chi connectivity index (χ4n) is 2.30. The number of aliphatic imine (C=N–C) groups is 1. The Labute approximate surface area is 159 Å². The van der Waals surface area contributed by atoms with Crippen LogP contribution in [0.25, 0.3) is 11.0 Å². The van der Waals surface area contributed by atoms with E-state index in [0.29, 0.717) is 19.0 Å². The number of amides is 1. The lowest BCUT2D eigenvalue weighted by atomic mass is 10.1. The molecule has 1 amide bonds. The molecule has 0 atom stereocenters. The van der Waals surface area contributed by atoms with Crippen molar-refractivity contribution < 1.29 is 9.21 Å². The van der Waals surface area contributed by atoms with Gasteiger partial charge in [0.1, 0.15) is 17.9 Å². The first-order valence-electron chi connectivity index (χ1n) is 7.91. The van der Waals surface area contributed by atoms with Crippen molar-refractivity contribution >= 4 is 46.8 Å². The summed E-state index contributed by atoms with van der Waals surface area (Å²) >= 11 is 0. The topological polar surface area (TPSA) is 78.7 Å². The van der Waals surface area contributed by atoms with Gasteiger partial charge in [-0.3, -0.25) is 4.79 Å². The molecule has 0 aliphatic rings. The van der Waals surface area contributed by atoms with Gasteiger partial charge in [-0.25, -0.2) is 4.99 Å². The van der Waals surface area contributed by atoms with E-state index in [2.05, 4.69) is 20.9 Å². The van der Waals surface area contributed by atoms with Gasteiger partial charge in [-0.05, 0) is 26.8 Å². The van der Waals surface area contributed by atoms with Crippen LogP contribution in [0.15, 0.2) is 33.7 Å². The average molecular weight is 444 g/mol. The summed E-state index contributed by atoms with van der Waals surface area (Å²) in [4.78, 5) is 15.8. The summed E-state index contributed by atoms with van der Waals surface area (Å²) in [6, 6.07) is 7.96. The number of hydrogen-bond acceptors (Lipinski definition) is 3. The standard InChI is InChI=1S/C17H24N4O2.HI/c1-4-18-16(22)11-21-17(19-5-2)20-10-15-12(3)13-8-6-7-9-14(13)23-15;/h6-9H,4-5,10-11H2,1-3H3,(H,18,22)(H2,19,20,21);1H. The quantitative estimate of drug-likeness (QED) is 0.364. The van der Waals surface area contributed by atoms with Crippen LogP contribution in [-0.2, 0) is 11.3 Å². The van der Waals surface area contributed by atoms with Crippen LogP contribution < -0.4 is 16.0 Å². The van der Waals surface area contributed by atoms with E-state index in [1.807, 2.05) is 45.0 Å². The molecule has 1 aromatic carbocycles. The summed E-state index contributed by atoms with van der Waals surface area (Å²) in [6.07, 6.45) is 0. The number of benzene rings is 1. The van der Waals surface area contributed by atoms with Crippen molar-refractivity contribution in [2.45, 2.75) is 27.3 Å². The van der Waals surface area contributed by atoms with Crippen LogP contribution in [0.5, 0.6) is 0 Å². The van der Waals surface area contributed by atoms with Crippen LogP contribution in [-0.4, -0.2) is 31.5 Å². The number of nitrogens with one attached hydrogen (secondary N) is 3. The monoisotopic (exact) mass is 444 g/mol. The van der Waals surface area contributed by atoms with Crippen LogP contribution in [0.2, 0.25) is 0 Å². The van der Waals surface area contributed by atoms with E-state index in [1.165, 1.54) is 0 Å². The molecule has 0 unspecified atom stereocenters. The number of para-hydroxylation sites is 1. The van der Waals surface area contributed by atoms with Crippen molar-refractivity contribution in [1.82, 2.24) is 16.0 Å². The van der Waals surface area contributed by atoms with Crippen molar-refractivity contribution in [1.29, 1.82) is 0 Å². The van der Waals surface area contributed by atoms with E-state index in [1.54, 1.807) is 0 Å². The molecule has 2 aromatic rings. The van der Waals surface area contributed by atoms with Crippen LogP contribution in [0, 0.1) is 6.92 Å². The lowest BCUT2D eigenvalue weighted by Gasteiger charge is -2.10. The third kappa shape index (κ3) is 5.40. The van der Waals surface area contributed by atoms with Crippen molar-refractivity contribution in [3.63, 3.8) is 0 Å². The van der Waals surface area contributed by atoms with Gasteiger partial charge >= 0.3 is 0 Å². The smallest absolute Gasteiger partial charge is 0.241 e. The second-order valence-corrected chi connectivity index (χ2v) is 5.15. The van der Waals surface area contributed by atoms with Gasteiger partial charge in [-0.1, -0.05) is 18.2 Å². The van der Waals surface area contributed by atoms with E-state index in [0.717, 1.165) is 28.8 Å². The molecule has 0 fully saturated rings. The zero-order valence-electron chi connectivity index (χ0n) is 14.3. The Morgan fingerprint density at radius 1 is 1.12 bits per heavy atom. The summed E-state index contributed by atoms with van der Waals surface area (Å²) in [6.45, 7) is 7.85. The summed E-state index contributed by atoms with van der Waals surface area (Å²) in [5.41, 5.74) is 2.00. The summed E-state index contributed by atoms with van der Waals surface area (Å²) in [5.74, 6) is 1.37. The van der Waals surface area contributed by atoms with E-state index >= 15 is 0 Å². The molecule has 0 bridgehead atoms. The van der Waals surface area contributed by atoms with Crippen LogP contribution in [0.4, 0.5) is 0 Å². The molecule has 2 rings (SSSR count). The summed E-state index contributed by atoms with van der Waals surface area (Å²) in [5, 5.41) is 10.2. The maximum atomic E-state index is 11.5. The molecule has 0 saturated carbocycles. The molecule has 6 nitrogen and oxygen atoms in total. The van der Waals surface area contributed by atoms with Gasteiger partial charge in [0, 0.05) is 24.0 Å². The molecule has 132 valence electrons. The number of nitrogens with zero attached hydrogens (tertiary/aromatic N) is 1. The Balaban J connectivity index is 0.00000288. The number of guanidine groups is 1. The van der Waals surface area contributed by atoms with Gasteiger partial charge in [0.05, 0.1) is 6.54 Å². The average Bonchev–Trinajstić information content (AvgIpc) is 2.87. The first-order valence-corrected chi connectivity index (χ1v) is 7.91. The first kappa shape index (κ1) is 20.3. The molecular formula is C17H25IN4O2. The van der Waals surface area contributed by atoms with Gasteiger partial charge in [0.2, 0.25) is 5.91 Å². The van der Waals surface area contributed by atoms with Crippen molar-refractivity contribution in [3.05, 3.63) is 35.6 Å². The summed E-state index contributed by atoms with van der Waals surface area (Å²) in [7, 11) is 0. The molecule has 3 N–H and O–H groups in total. The number of halogens is 1. The predicted octanol–water partition coefficient (Wildman–Crippen LogP) is 2.55. The number of carbonyl (C=O) groups excluding carboxylic acids is 1. The Morgan fingerprint density at radius 3 is 2.50 bits per heavy atom. The number of rotatable bonds is 6. The van der Waals surface area contributed by atoms with Gasteiger partial charge in [-0.2, -0.15) is 0 Å². The summed E-state index contributed by atoms with van der Waals surface area (Å²) < 4.78 is 5.87. The number of carbonyl (C=O) groups is 1.